The minimum atomic E-state index is -1.05. The van der Waals surface area contributed by atoms with Crippen molar-refractivity contribution in [3.8, 4) is 0 Å². The topological polar surface area (TPSA) is 86.5 Å². The van der Waals surface area contributed by atoms with Gasteiger partial charge in [-0.05, 0) is 0 Å². The van der Waals surface area contributed by atoms with Crippen LogP contribution in [-0.2, 0) is 4.79 Å². The van der Waals surface area contributed by atoms with Crippen molar-refractivity contribution in [2.24, 2.45) is 0 Å². The number of nitrogens with zero attached hydrogens (tertiary/aromatic N) is 3. The number of carboxylic acids is 1. The Hall–Kier alpha value is -1.76. The minimum absolute atomic E-state index is 0.116. The first kappa shape index (κ1) is 10.7. The molecule has 0 amide bonds. The van der Waals surface area contributed by atoms with E-state index in [2.05, 4.69) is 9.97 Å². The molecule has 16 heavy (non-hydrogen) atoms. The molecule has 2 N–H and O–H groups in total. The molecule has 7 heteroatoms. The highest BCUT2D eigenvalue weighted by Crippen LogP contribution is 2.22. The molecule has 0 bridgehead atoms. The molecule has 86 valence electrons. The number of carboxylic acid groups (broad SMARTS) is 1. The number of aliphatic hydroxyl groups excluding tert-OH is 1. The van der Waals surface area contributed by atoms with Gasteiger partial charge in [-0.1, -0.05) is 0 Å². The highest BCUT2D eigenvalue weighted by atomic mass is 19.1. The standard InChI is InChI=1S/C9H10FN3O3/c10-5-2-11-9(12-3-5)13-4-6(14)1-7(13)8(15)16/h2-3,6-7,14H,1,4H2,(H,15,16). The second-order valence-corrected chi connectivity index (χ2v) is 3.60. The molecule has 2 rings (SSSR count). The average Bonchev–Trinajstić information content (AvgIpc) is 2.61. The maximum absolute atomic E-state index is 12.6. The van der Waals surface area contributed by atoms with E-state index in [1.807, 2.05) is 0 Å². The summed E-state index contributed by atoms with van der Waals surface area (Å²) in [6.45, 7) is 0.141. The van der Waals surface area contributed by atoms with E-state index >= 15 is 0 Å². The van der Waals surface area contributed by atoms with Crippen molar-refractivity contribution in [1.29, 1.82) is 0 Å². The molecule has 1 aromatic rings. The molecule has 1 aliphatic rings. The lowest BCUT2D eigenvalue weighted by molar-refractivity contribution is -0.138. The molecule has 1 saturated heterocycles. The largest absolute Gasteiger partial charge is 0.480 e. The van der Waals surface area contributed by atoms with Gasteiger partial charge in [-0.15, -0.1) is 0 Å². The van der Waals surface area contributed by atoms with Crippen LogP contribution in [0, 0.1) is 5.82 Å². The number of β-amino-alcohol motifs (C(OH)–C–C–N with tert-alkyl or cyclic N) is 1. The molecule has 1 fully saturated rings. The molecular weight excluding hydrogens is 217 g/mol. The number of aliphatic hydroxyl groups is 1. The Morgan fingerprint density at radius 3 is 2.69 bits per heavy atom. The van der Waals surface area contributed by atoms with Crippen molar-refractivity contribution in [3.63, 3.8) is 0 Å². The fourth-order valence-electron chi connectivity index (χ4n) is 1.72. The predicted molar refractivity (Wildman–Crippen MR) is 51.4 cm³/mol. The van der Waals surface area contributed by atoms with Gasteiger partial charge in [0.05, 0.1) is 18.5 Å². The van der Waals surface area contributed by atoms with E-state index in [9.17, 15) is 14.3 Å². The van der Waals surface area contributed by atoms with Crippen LogP contribution in [0.25, 0.3) is 0 Å². The van der Waals surface area contributed by atoms with Gasteiger partial charge < -0.3 is 15.1 Å². The van der Waals surface area contributed by atoms with Gasteiger partial charge in [0.25, 0.3) is 0 Å². The predicted octanol–water partition coefficient (Wildman–Crippen LogP) is -0.360. The molecular formula is C9H10FN3O3. The van der Waals surface area contributed by atoms with Gasteiger partial charge in [-0.3, -0.25) is 0 Å². The van der Waals surface area contributed by atoms with E-state index in [1.54, 1.807) is 0 Å². The molecule has 0 saturated carbocycles. The third-order valence-electron chi connectivity index (χ3n) is 2.43. The number of aliphatic carboxylic acids is 1. The van der Waals surface area contributed by atoms with Crippen LogP contribution in [0.15, 0.2) is 12.4 Å². The van der Waals surface area contributed by atoms with Gasteiger partial charge in [-0.25, -0.2) is 19.2 Å². The Morgan fingerprint density at radius 1 is 1.50 bits per heavy atom. The van der Waals surface area contributed by atoms with Crippen LogP contribution in [0.2, 0.25) is 0 Å². The monoisotopic (exact) mass is 227 g/mol. The van der Waals surface area contributed by atoms with Crippen LogP contribution in [0.1, 0.15) is 6.42 Å². The lowest BCUT2D eigenvalue weighted by atomic mass is 10.2. The lowest BCUT2D eigenvalue weighted by Crippen LogP contribution is -2.37. The molecule has 0 spiro atoms. The fraction of sp³-hybridized carbons (Fsp3) is 0.444. The summed E-state index contributed by atoms with van der Waals surface area (Å²) >= 11 is 0. The van der Waals surface area contributed by atoms with Crippen LogP contribution in [0.3, 0.4) is 0 Å². The van der Waals surface area contributed by atoms with E-state index in [-0.39, 0.29) is 18.9 Å². The van der Waals surface area contributed by atoms with E-state index in [4.69, 9.17) is 5.11 Å². The van der Waals surface area contributed by atoms with Gasteiger partial charge in [0.15, 0.2) is 5.82 Å². The number of anilines is 1. The molecule has 1 aromatic heterocycles. The molecule has 0 aromatic carbocycles. The summed E-state index contributed by atoms with van der Waals surface area (Å²) in [5.41, 5.74) is 0. The summed E-state index contributed by atoms with van der Waals surface area (Å²) < 4.78 is 12.6. The van der Waals surface area contributed by atoms with Crippen LogP contribution in [0.5, 0.6) is 0 Å². The summed E-state index contributed by atoms with van der Waals surface area (Å²) in [7, 11) is 0. The molecule has 2 unspecified atom stereocenters. The highest BCUT2D eigenvalue weighted by Gasteiger charge is 2.37. The lowest BCUT2D eigenvalue weighted by Gasteiger charge is -2.20. The first-order valence-electron chi connectivity index (χ1n) is 4.73. The van der Waals surface area contributed by atoms with Gasteiger partial charge >= 0.3 is 5.97 Å². The van der Waals surface area contributed by atoms with E-state index in [0.717, 1.165) is 12.4 Å². The number of hydrogen-bond acceptors (Lipinski definition) is 5. The smallest absolute Gasteiger partial charge is 0.326 e. The molecule has 6 nitrogen and oxygen atoms in total. The molecule has 2 atom stereocenters. The highest BCUT2D eigenvalue weighted by molar-refractivity contribution is 5.78. The Balaban J connectivity index is 2.25. The van der Waals surface area contributed by atoms with Crippen LogP contribution in [-0.4, -0.2) is 44.8 Å². The third-order valence-corrected chi connectivity index (χ3v) is 2.43. The Bertz CT molecular complexity index is 397. The summed E-state index contributed by atoms with van der Waals surface area (Å²) in [5, 5.41) is 18.3. The fourth-order valence-corrected chi connectivity index (χ4v) is 1.72. The first-order valence-corrected chi connectivity index (χ1v) is 4.73. The zero-order chi connectivity index (χ0) is 11.7. The summed E-state index contributed by atoms with van der Waals surface area (Å²) in [5.74, 6) is -1.52. The molecule has 1 aliphatic heterocycles. The van der Waals surface area contributed by atoms with Crippen molar-refractivity contribution >= 4 is 11.9 Å². The molecule has 0 aliphatic carbocycles. The second-order valence-electron chi connectivity index (χ2n) is 3.60. The zero-order valence-electron chi connectivity index (χ0n) is 8.25. The molecule has 2 heterocycles. The Kier molecular flexibility index (Phi) is 2.69. The van der Waals surface area contributed by atoms with Crippen LogP contribution < -0.4 is 4.90 Å². The zero-order valence-corrected chi connectivity index (χ0v) is 8.25. The van der Waals surface area contributed by atoms with Crippen molar-refractivity contribution in [1.82, 2.24) is 9.97 Å². The van der Waals surface area contributed by atoms with Crippen molar-refractivity contribution in [2.75, 3.05) is 11.4 Å². The number of aromatic nitrogens is 2. The second kappa shape index (κ2) is 4.01. The van der Waals surface area contributed by atoms with Crippen molar-refractivity contribution < 1.29 is 19.4 Å². The van der Waals surface area contributed by atoms with E-state index < -0.39 is 23.9 Å². The number of carbonyl (C=O) groups is 1. The van der Waals surface area contributed by atoms with Crippen molar-refractivity contribution in [2.45, 2.75) is 18.6 Å². The first-order chi connectivity index (χ1) is 7.58. The summed E-state index contributed by atoms with van der Waals surface area (Å²) in [4.78, 5) is 19.7. The SMILES string of the molecule is O=C(O)C1CC(O)CN1c1ncc(F)cn1. The third kappa shape index (κ3) is 1.94. The normalized spacial score (nSPS) is 24.8. The summed E-state index contributed by atoms with van der Waals surface area (Å²) in [6, 6.07) is -0.861. The number of halogens is 1. The van der Waals surface area contributed by atoms with Crippen molar-refractivity contribution in [3.05, 3.63) is 18.2 Å². The van der Waals surface area contributed by atoms with Crippen LogP contribution in [0.4, 0.5) is 10.3 Å². The van der Waals surface area contributed by atoms with Gasteiger partial charge in [0.1, 0.15) is 6.04 Å². The van der Waals surface area contributed by atoms with E-state index in [0.29, 0.717) is 0 Å². The van der Waals surface area contributed by atoms with Gasteiger partial charge in [0, 0.05) is 13.0 Å². The Labute approximate surface area is 90.4 Å². The molecule has 0 radical (unpaired) electrons. The van der Waals surface area contributed by atoms with Gasteiger partial charge in [0.2, 0.25) is 5.95 Å². The minimum Gasteiger partial charge on any atom is -0.480 e. The van der Waals surface area contributed by atoms with E-state index in [1.165, 1.54) is 4.90 Å². The number of rotatable bonds is 2. The maximum Gasteiger partial charge on any atom is 0.326 e. The summed E-state index contributed by atoms with van der Waals surface area (Å²) in [6.07, 6.45) is 1.32. The van der Waals surface area contributed by atoms with Gasteiger partial charge in [-0.2, -0.15) is 0 Å². The number of hydrogen-bond donors (Lipinski definition) is 2. The quantitative estimate of drug-likeness (QED) is 0.717. The maximum atomic E-state index is 12.6. The Morgan fingerprint density at radius 2 is 2.12 bits per heavy atom. The van der Waals surface area contributed by atoms with Crippen LogP contribution >= 0.6 is 0 Å². The average molecular weight is 227 g/mol.